The number of nitrogens with one attached hydrogen (secondary N) is 1. The summed E-state index contributed by atoms with van der Waals surface area (Å²) in [7, 11) is 0. The van der Waals surface area contributed by atoms with Crippen molar-refractivity contribution in [2.75, 3.05) is 6.54 Å². The number of rotatable bonds is 6. The van der Waals surface area contributed by atoms with Crippen molar-refractivity contribution in [3.8, 4) is 10.4 Å². The number of β-amino-alcohol motifs (C(OH)–C–C–N with tert-alkyl or cyclic N) is 1. The molecule has 0 radical (unpaired) electrons. The maximum Gasteiger partial charge on any atom is 0.243 e. The first-order chi connectivity index (χ1) is 14.9. The molecule has 0 aliphatic carbocycles. The average molecular weight is 441 g/mol. The smallest absolute Gasteiger partial charge is 0.243 e. The zero-order valence-corrected chi connectivity index (χ0v) is 18.2. The summed E-state index contributed by atoms with van der Waals surface area (Å²) in [4.78, 5) is 32.3. The van der Waals surface area contributed by atoms with E-state index in [2.05, 4.69) is 15.5 Å². The van der Waals surface area contributed by atoms with Crippen LogP contribution in [-0.2, 0) is 22.6 Å². The molecule has 2 N–H and O–H groups in total. The van der Waals surface area contributed by atoms with Gasteiger partial charge in [0.05, 0.1) is 34.3 Å². The molecule has 3 aromatic rings. The van der Waals surface area contributed by atoms with Crippen molar-refractivity contribution in [2.24, 2.45) is 0 Å². The molecule has 0 saturated carbocycles. The molecule has 9 heteroatoms. The number of aryl methyl sites for hydroxylation is 2. The number of carbonyl (C=O) groups is 2. The number of nitrogens with zero attached hydrogens (tertiary/aromatic N) is 3. The van der Waals surface area contributed by atoms with Crippen LogP contribution in [0.25, 0.3) is 10.4 Å². The fourth-order valence-electron chi connectivity index (χ4n) is 3.75. The fraction of sp³-hybridized carbons (Fsp3) is 0.364. The van der Waals surface area contributed by atoms with Gasteiger partial charge in [0, 0.05) is 25.6 Å². The van der Waals surface area contributed by atoms with Gasteiger partial charge in [-0.1, -0.05) is 29.4 Å². The van der Waals surface area contributed by atoms with Gasteiger partial charge in [-0.25, -0.2) is 4.98 Å². The SMILES string of the molecule is Cc1cc(CC(=O)N2C[C@H](O)CC2C(=O)NCc2ccc(-c3scnc3C)cc2)on1. The maximum absolute atomic E-state index is 12.8. The van der Waals surface area contributed by atoms with Crippen molar-refractivity contribution in [3.05, 3.63) is 58.6 Å². The molecule has 0 spiro atoms. The zero-order chi connectivity index (χ0) is 22.0. The number of aromatic nitrogens is 2. The lowest BCUT2D eigenvalue weighted by Crippen LogP contribution is -2.46. The van der Waals surface area contributed by atoms with Gasteiger partial charge < -0.3 is 19.8 Å². The van der Waals surface area contributed by atoms with Gasteiger partial charge in [0.2, 0.25) is 11.8 Å². The Kier molecular flexibility index (Phi) is 6.15. The zero-order valence-electron chi connectivity index (χ0n) is 17.4. The van der Waals surface area contributed by atoms with Gasteiger partial charge in [0.25, 0.3) is 0 Å². The van der Waals surface area contributed by atoms with E-state index in [9.17, 15) is 14.7 Å². The predicted octanol–water partition coefficient (Wildman–Crippen LogP) is 2.24. The van der Waals surface area contributed by atoms with Crippen LogP contribution in [0.5, 0.6) is 0 Å². The first-order valence-corrected chi connectivity index (χ1v) is 11.0. The Morgan fingerprint density at radius 1 is 1.29 bits per heavy atom. The molecule has 1 fully saturated rings. The van der Waals surface area contributed by atoms with E-state index >= 15 is 0 Å². The molecule has 31 heavy (non-hydrogen) atoms. The summed E-state index contributed by atoms with van der Waals surface area (Å²) < 4.78 is 5.10. The van der Waals surface area contributed by atoms with Crippen molar-refractivity contribution < 1.29 is 19.2 Å². The van der Waals surface area contributed by atoms with Crippen molar-refractivity contribution in [2.45, 2.75) is 45.4 Å². The van der Waals surface area contributed by atoms with E-state index in [0.29, 0.717) is 18.0 Å². The van der Waals surface area contributed by atoms with Gasteiger partial charge in [-0.3, -0.25) is 9.59 Å². The first kappa shape index (κ1) is 21.2. The number of carbonyl (C=O) groups excluding carboxylic acids is 2. The number of hydrogen-bond acceptors (Lipinski definition) is 7. The lowest BCUT2D eigenvalue weighted by molar-refractivity contribution is -0.138. The summed E-state index contributed by atoms with van der Waals surface area (Å²) in [5.41, 5.74) is 5.55. The molecule has 2 atom stereocenters. The van der Waals surface area contributed by atoms with Crippen molar-refractivity contribution in [1.82, 2.24) is 20.4 Å². The van der Waals surface area contributed by atoms with E-state index in [1.807, 2.05) is 36.7 Å². The minimum atomic E-state index is -0.724. The second kappa shape index (κ2) is 8.99. The summed E-state index contributed by atoms with van der Waals surface area (Å²) in [5, 5.41) is 16.7. The largest absolute Gasteiger partial charge is 0.391 e. The normalized spacial score (nSPS) is 18.4. The molecule has 1 aliphatic rings. The Bertz CT molecular complexity index is 1080. The number of aliphatic hydroxyl groups excluding tert-OH is 1. The molecule has 1 unspecified atom stereocenters. The van der Waals surface area contributed by atoms with Gasteiger partial charge in [-0.05, 0) is 25.0 Å². The van der Waals surface area contributed by atoms with E-state index in [1.54, 1.807) is 24.3 Å². The van der Waals surface area contributed by atoms with Gasteiger partial charge in [0.15, 0.2) is 0 Å². The summed E-state index contributed by atoms with van der Waals surface area (Å²) >= 11 is 1.60. The Labute approximate surface area is 183 Å². The second-order valence-corrected chi connectivity index (χ2v) is 8.60. The quantitative estimate of drug-likeness (QED) is 0.609. The molecule has 1 saturated heterocycles. The molecule has 4 rings (SSSR count). The number of hydrogen-bond donors (Lipinski definition) is 2. The molecule has 162 valence electrons. The summed E-state index contributed by atoms with van der Waals surface area (Å²) in [6.07, 6.45) is -0.495. The fourth-order valence-corrected chi connectivity index (χ4v) is 4.56. The molecule has 3 heterocycles. The number of likely N-dealkylation sites (tertiary alicyclic amines) is 1. The predicted molar refractivity (Wildman–Crippen MR) is 115 cm³/mol. The van der Waals surface area contributed by atoms with Crippen molar-refractivity contribution in [3.63, 3.8) is 0 Å². The minimum absolute atomic E-state index is 0.00972. The monoisotopic (exact) mass is 440 g/mol. The number of aliphatic hydroxyl groups is 1. The van der Waals surface area contributed by atoms with Crippen LogP contribution < -0.4 is 5.32 Å². The Morgan fingerprint density at radius 2 is 2.06 bits per heavy atom. The highest BCUT2D eigenvalue weighted by Crippen LogP contribution is 2.27. The molecule has 1 aliphatic heterocycles. The van der Waals surface area contributed by atoms with Crippen LogP contribution in [0.1, 0.15) is 29.1 Å². The van der Waals surface area contributed by atoms with Crippen LogP contribution in [0.2, 0.25) is 0 Å². The number of thiazole rings is 1. The third kappa shape index (κ3) is 4.83. The topological polar surface area (TPSA) is 109 Å². The van der Waals surface area contributed by atoms with Crippen LogP contribution in [0.3, 0.4) is 0 Å². The highest BCUT2D eigenvalue weighted by molar-refractivity contribution is 7.13. The minimum Gasteiger partial charge on any atom is -0.391 e. The van der Waals surface area contributed by atoms with Crippen molar-refractivity contribution in [1.29, 1.82) is 0 Å². The highest BCUT2D eigenvalue weighted by atomic mass is 32.1. The highest BCUT2D eigenvalue weighted by Gasteiger charge is 2.38. The Morgan fingerprint density at radius 3 is 2.71 bits per heavy atom. The first-order valence-electron chi connectivity index (χ1n) is 10.1. The van der Waals surface area contributed by atoms with Crippen LogP contribution in [0, 0.1) is 13.8 Å². The van der Waals surface area contributed by atoms with E-state index in [1.165, 1.54) is 4.90 Å². The molecule has 8 nitrogen and oxygen atoms in total. The van der Waals surface area contributed by atoms with E-state index in [-0.39, 0.29) is 31.2 Å². The summed E-state index contributed by atoms with van der Waals surface area (Å²) in [6.45, 7) is 4.23. The molecular formula is C22H24N4O4S. The second-order valence-electron chi connectivity index (χ2n) is 7.74. The third-order valence-electron chi connectivity index (χ3n) is 5.33. The van der Waals surface area contributed by atoms with Crippen LogP contribution >= 0.6 is 11.3 Å². The van der Waals surface area contributed by atoms with E-state index in [4.69, 9.17) is 4.52 Å². The van der Waals surface area contributed by atoms with Gasteiger partial charge in [-0.2, -0.15) is 0 Å². The van der Waals surface area contributed by atoms with Crippen LogP contribution in [-0.4, -0.2) is 50.7 Å². The number of amides is 2. The lowest BCUT2D eigenvalue weighted by Gasteiger charge is -2.23. The van der Waals surface area contributed by atoms with Gasteiger partial charge in [0.1, 0.15) is 11.8 Å². The molecule has 0 bridgehead atoms. The Balaban J connectivity index is 1.36. The Hall–Kier alpha value is -3.04. The van der Waals surface area contributed by atoms with Crippen LogP contribution in [0.4, 0.5) is 0 Å². The summed E-state index contributed by atoms with van der Waals surface area (Å²) in [5.74, 6) is -0.0996. The standard InChI is InChI=1S/C22H24N4O4S/c1-13-7-18(30-25-13)9-20(28)26-11-17(27)8-19(26)22(29)23-10-15-3-5-16(6-4-15)21-14(2)24-12-31-21/h3-7,12,17,19,27H,8-11H2,1-2H3,(H,23,29)/t17-,19?/m1/s1. The molecule has 1 aromatic carbocycles. The number of benzene rings is 1. The van der Waals surface area contributed by atoms with E-state index < -0.39 is 12.1 Å². The van der Waals surface area contributed by atoms with Gasteiger partial charge >= 0.3 is 0 Å². The van der Waals surface area contributed by atoms with Crippen LogP contribution in [0.15, 0.2) is 40.4 Å². The van der Waals surface area contributed by atoms with Crippen molar-refractivity contribution >= 4 is 23.2 Å². The third-order valence-corrected chi connectivity index (χ3v) is 6.31. The maximum atomic E-state index is 12.8. The molecular weight excluding hydrogens is 416 g/mol. The van der Waals surface area contributed by atoms with E-state index in [0.717, 1.165) is 21.7 Å². The molecule has 2 amide bonds. The lowest BCUT2D eigenvalue weighted by atomic mass is 10.1. The summed E-state index contributed by atoms with van der Waals surface area (Å²) in [6, 6.07) is 8.94. The molecule has 2 aromatic heterocycles. The van der Waals surface area contributed by atoms with Gasteiger partial charge in [-0.15, -0.1) is 11.3 Å². The average Bonchev–Trinajstić information content (AvgIpc) is 3.46.